The van der Waals surface area contributed by atoms with Crippen LogP contribution in [0.25, 0.3) is 11.1 Å². The van der Waals surface area contributed by atoms with Crippen molar-refractivity contribution >= 4 is 0 Å². The molecule has 0 aliphatic carbocycles. The summed E-state index contributed by atoms with van der Waals surface area (Å²) >= 11 is 0. The van der Waals surface area contributed by atoms with E-state index in [1.807, 2.05) is 13.8 Å². The first kappa shape index (κ1) is 12.9. The van der Waals surface area contributed by atoms with Gasteiger partial charge in [-0.2, -0.15) is 0 Å². The van der Waals surface area contributed by atoms with E-state index in [2.05, 4.69) is 50.2 Å². The van der Waals surface area contributed by atoms with Crippen molar-refractivity contribution in [1.29, 1.82) is 0 Å². The lowest BCUT2D eigenvalue weighted by Gasteiger charge is -2.18. The average Bonchev–Trinajstić information content (AvgIpc) is 2.56. The number of hydrogen-bond donors (Lipinski definition) is 0. The van der Waals surface area contributed by atoms with Gasteiger partial charge in [-0.05, 0) is 36.8 Å². The highest BCUT2D eigenvalue weighted by atomic mass is 16.5. The molecule has 0 saturated heterocycles. The first-order valence-electron chi connectivity index (χ1n) is 6.39. The molecule has 0 aliphatic heterocycles. The van der Waals surface area contributed by atoms with Crippen molar-refractivity contribution in [1.82, 2.24) is 5.16 Å². The Hall–Kier alpha value is -1.57. The van der Waals surface area contributed by atoms with Crippen molar-refractivity contribution < 1.29 is 4.52 Å². The lowest BCUT2D eigenvalue weighted by Crippen LogP contribution is -2.09. The van der Waals surface area contributed by atoms with Crippen molar-refractivity contribution in [3.63, 3.8) is 0 Å². The third-order valence-electron chi connectivity index (χ3n) is 2.98. The summed E-state index contributed by atoms with van der Waals surface area (Å²) in [5, 5.41) is 4.02. The molecule has 0 aliphatic rings. The number of nitrogens with zero attached hydrogens (tertiary/aromatic N) is 1. The van der Waals surface area contributed by atoms with Gasteiger partial charge in [0.15, 0.2) is 0 Å². The molecular formula is C16H21NO. The van der Waals surface area contributed by atoms with Crippen molar-refractivity contribution in [2.24, 2.45) is 5.41 Å². The van der Waals surface area contributed by atoms with Crippen LogP contribution in [-0.2, 0) is 6.42 Å². The van der Waals surface area contributed by atoms with Crippen LogP contribution in [0.4, 0.5) is 0 Å². The van der Waals surface area contributed by atoms with Crippen molar-refractivity contribution in [2.75, 3.05) is 0 Å². The van der Waals surface area contributed by atoms with E-state index in [1.165, 1.54) is 11.1 Å². The smallest absolute Gasteiger partial charge is 0.141 e. The van der Waals surface area contributed by atoms with E-state index >= 15 is 0 Å². The second-order valence-corrected chi connectivity index (χ2v) is 6.14. The Morgan fingerprint density at radius 1 is 1.17 bits per heavy atom. The minimum Gasteiger partial charge on any atom is -0.361 e. The average molecular weight is 243 g/mol. The maximum Gasteiger partial charge on any atom is 0.141 e. The SMILES string of the molecule is Cc1noc(C)c1-c1cccc(CC(C)(C)C)c1. The topological polar surface area (TPSA) is 26.0 Å². The monoisotopic (exact) mass is 243 g/mol. The summed E-state index contributed by atoms with van der Waals surface area (Å²) in [6.07, 6.45) is 1.07. The Balaban J connectivity index is 2.39. The fraction of sp³-hybridized carbons (Fsp3) is 0.438. The zero-order valence-electron chi connectivity index (χ0n) is 11.9. The van der Waals surface area contributed by atoms with Crippen molar-refractivity contribution in [2.45, 2.75) is 41.0 Å². The molecule has 2 heteroatoms. The summed E-state index contributed by atoms with van der Waals surface area (Å²) in [6.45, 7) is 10.7. The van der Waals surface area contributed by atoms with Crippen LogP contribution in [0.1, 0.15) is 37.8 Å². The minimum absolute atomic E-state index is 0.303. The zero-order valence-corrected chi connectivity index (χ0v) is 11.9. The Morgan fingerprint density at radius 3 is 2.44 bits per heavy atom. The van der Waals surface area contributed by atoms with Crippen LogP contribution in [-0.4, -0.2) is 5.16 Å². The number of benzene rings is 1. The Kier molecular flexibility index (Phi) is 3.29. The molecule has 0 unspecified atom stereocenters. The van der Waals surface area contributed by atoms with Gasteiger partial charge in [0.2, 0.25) is 0 Å². The normalized spacial score (nSPS) is 11.8. The van der Waals surface area contributed by atoms with E-state index in [0.29, 0.717) is 5.41 Å². The predicted molar refractivity (Wildman–Crippen MR) is 74.6 cm³/mol. The number of aryl methyl sites for hydroxylation is 2. The molecule has 18 heavy (non-hydrogen) atoms. The molecule has 0 amide bonds. The molecule has 2 rings (SSSR count). The Bertz CT molecular complexity index is 527. The van der Waals surface area contributed by atoms with Crippen molar-refractivity contribution in [3.05, 3.63) is 41.3 Å². The molecule has 1 aromatic heterocycles. The first-order chi connectivity index (χ1) is 8.37. The molecule has 0 saturated carbocycles. The molecule has 0 N–H and O–H groups in total. The van der Waals surface area contributed by atoms with Gasteiger partial charge in [0.1, 0.15) is 5.76 Å². The van der Waals surface area contributed by atoms with E-state index in [1.54, 1.807) is 0 Å². The summed E-state index contributed by atoms with van der Waals surface area (Å²) < 4.78 is 5.24. The van der Waals surface area contributed by atoms with Gasteiger partial charge >= 0.3 is 0 Å². The summed E-state index contributed by atoms with van der Waals surface area (Å²) in [4.78, 5) is 0. The molecule has 2 nitrogen and oxygen atoms in total. The summed E-state index contributed by atoms with van der Waals surface area (Å²) in [6, 6.07) is 8.67. The van der Waals surface area contributed by atoms with E-state index in [0.717, 1.165) is 23.4 Å². The van der Waals surface area contributed by atoms with Gasteiger partial charge in [-0.15, -0.1) is 0 Å². The molecule has 0 atom stereocenters. The zero-order chi connectivity index (χ0) is 13.3. The fourth-order valence-corrected chi connectivity index (χ4v) is 2.34. The second-order valence-electron chi connectivity index (χ2n) is 6.14. The second kappa shape index (κ2) is 4.60. The highest BCUT2D eigenvalue weighted by molar-refractivity contribution is 5.68. The van der Waals surface area contributed by atoms with Crippen molar-refractivity contribution in [3.8, 4) is 11.1 Å². The number of hydrogen-bond acceptors (Lipinski definition) is 2. The third kappa shape index (κ3) is 2.81. The van der Waals surface area contributed by atoms with E-state index in [4.69, 9.17) is 4.52 Å². The molecule has 0 fully saturated rings. The van der Waals surface area contributed by atoms with Gasteiger partial charge in [-0.25, -0.2) is 0 Å². The highest BCUT2D eigenvalue weighted by Gasteiger charge is 2.14. The molecule has 0 bridgehead atoms. The molecule has 1 heterocycles. The van der Waals surface area contributed by atoms with Gasteiger partial charge in [-0.1, -0.05) is 50.2 Å². The van der Waals surface area contributed by atoms with Crippen LogP contribution in [0, 0.1) is 19.3 Å². The maximum atomic E-state index is 5.24. The van der Waals surface area contributed by atoms with Crippen LogP contribution in [0.3, 0.4) is 0 Å². The summed E-state index contributed by atoms with van der Waals surface area (Å²) in [7, 11) is 0. The predicted octanol–water partition coefficient (Wildman–Crippen LogP) is 4.55. The van der Waals surface area contributed by atoms with Crippen LogP contribution in [0.15, 0.2) is 28.8 Å². The van der Waals surface area contributed by atoms with Gasteiger partial charge in [0, 0.05) is 5.56 Å². The van der Waals surface area contributed by atoms with Crippen LogP contribution < -0.4 is 0 Å². The Morgan fingerprint density at radius 2 is 1.89 bits per heavy atom. The van der Waals surface area contributed by atoms with Gasteiger partial charge in [0.25, 0.3) is 0 Å². The number of rotatable bonds is 2. The molecule has 96 valence electrons. The van der Waals surface area contributed by atoms with Gasteiger partial charge in [0.05, 0.1) is 5.69 Å². The molecule has 0 spiro atoms. The quantitative estimate of drug-likeness (QED) is 0.773. The lowest BCUT2D eigenvalue weighted by molar-refractivity contribution is 0.393. The van der Waals surface area contributed by atoms with Crippen LogP contribution in [0.5, 0.6) is 0 Å². The molecule has 0 radical (unpaired) electrons. The van der Waals surface area contributed by atoms with E-state index < -0.39 is 0 Å². The van der Waals surface area contributed by atoms with E-state index in [9.17, 15) is 0 Å². The largest absolute Gasteiger partial charge is 0.361 e. The molecular weight excluding hydrogens is 222 g/mol. The first-order valence-corrected chi connectivity index (χ1v) is 6.39. The van der Waals surface area contributed by atoms with Crippen LogP contribution >= 0.6 is 0 Å². The van der Waals surface area contributed by atoms with Crippen LogP contribution in [0.2, 0.25) is 0 Å². The summed E-state index contributed by atoms with van der Waals surface area (Å²) in [5.41, 5.74) is 4.95. The standard InChI is InChI=1S/C16H21NO/c1-11-15(12(2)18-17-11)14-8-6-7-13(9-14)10-16(3,4)5/h6-9H,10H2,1-5H3. The third-order valence-corrected chi connectivity index (χ3v) is 2.98. The fourth-order valence-electron chi connectivity index (χ4n) is 2.34. The Labute approximate surface area is 109 Å². The lowest BCUT2D eigenvalue weighted by atomic mass is 9.87. The molecule has 2 aromatic rings. The summed E-state index contributed by atoms with van der Waals surface area (Å²) in [5.74, 6) is 0.889. The number of aromatic nitrogens is 1. The highest BCUT2D eigenvalue weighted by Crippen LogP contribution is 2.29. The van der Waals surface area contributed by atoms with E-state index in [-0.39, 0.29) is 0 Å². The van der Waals surface area contributed by atoms with Gasteiger partial charge in [-0.3, -0.25) is 0 Å². The van der Waals surface area contributed by atoms with Gasteiger partial charge < -0.3 is 4.52 Å². The minimum atomic E-state index is 0.303. The maximum absolute atomic E-state index is 5.24. The molecule has 1 aromatic carbocycles.